The zero-order chi connectivity index (χ0) is 14.0. The van der Waals surface area contributed by atoms with Gasteiger partial charge in [0.15, 0.2) is 0 Å². The van der Waals surface area contributed by atoms with Gasteiger partial charge in [0.05, 0.1) is 11.0 Å². The van der Waals surface area contributed by atoms with Crippen LogP contribution in [0.1, 0.15) is 29.1 Å². The second-order valence-electron chi connectivity index (χ2n) is 4.45. The van der Waals surface area contributed by atoms with Crippen LogP contribution in [0, 0.1) is 24.0 Å². The average Bonchev–Trinajstić information content (AvgIpc) is 2.85. The Kier molecular flexibility index (Phi) is 3.80. The third-order valence-corrected chi connectivity index (χ3v) is 3.89. The summed E-state index contributed by atoms with van der Waals surface area (Å²) in [5.41, 5.74) is 2.58. The zero-order valence-electron chi connectivity index (χ0n) is 11.0. The maximum absolute atomic E-state index is 11.0. The predicted molar refractivity (Wildman–Crippen MR) is 76.7 cm³/mol. The first-order chi connectivity index (χ1) is 8.99. The third kappa shape index (κ3) is 2.90. The van der Waals surface area contributed by atoms with Crippen LogP contribution in [0.2, 0.25) is 0 Å². The van der Waals surface area contributed by atoms with Crippen LogP contribution in [0.25, 0.3) is 0 Å². The summed E-state index contributed by atoms with van der Waals surface area (Å²) < 4.78 is 0. The molecule has 0 amide bonds. The monoisotopic (exact) mass is 277 g/mol. The van der Waals surface area contributed by atoms with Crippen molar-refractivity contribution >= 4 is 22.7 Å². The van der Waals surface area contributed by atoms with E-state index in [0.717, 1.165) is 16.3 Å². The van der Waals surface area contributed by atoms with Crippen molar-refractivity contribution in [2.75, 3.05) is 5.32 Å². The number of thiazole rings is 1. The molecule has 0 spiro atoms. The molecule has 0 saturated carbocycles. The predicted octanol–water partition coefficient (Wildman–Crippen LogP) is 3.84. The van der Waals surface area contributed by atoms with E-state index in [2.05, 4.69) is 10.3 Å². The zero-order valence-corrected chi connectivity index (χ0v) is 11.8. The lowest BCUT2D eigenvalue weighted by atomic mass is 10.1. The van der Waals surface area contributed by atoms with E-state index in [1.165, 1.54) is 0 Å². The van der Waals surface area contributed by atoms with Gasteiger partial charge in [-0.3, -0.25) is 10.1 Å². The Balaban J connectivity index is 2.30. The van der Waals surface area contributed by atoms with Crippen molar-refractivity contribution < 1.29 is 4.92 Å². The third-order valence-electron chi connectivity index (χ3n) is 2.93. The van der Waals surface area contributed by atoms with Gasteiger partial charge in [0.1, 0.15) is 5.01 Å². The van der Waals surface area contributed by atoms with Gasteiger partial charge in [-0.2, -0.15) is 0 Å². The molecule has 0 saturated heterocycles. The largest absolute Gasteiger partial charge is 0.376 e. The number of nitrogens with zero attached hydrogens (tertiary/aromatic N) is 2. The molecule has 1 aromatic carbocycles. The molecule has 0 fully saturated rings. The quantitative estimate of drug-likeness (QED) is 0.681. The smallest absolute Gasteiger partial charge is 0.274 e. The maximum atomic E-state index is 11.0. The Bertz CT molecular complexity index is 596. The molecule has 0 aliphatic rings. The lowest BCUT2D eigenvalue weighted by Gasteiger charge is -2.15. The number of nitrogens with one attached hydrogen (secondary N) is 1. The molecule has 0 aliphatic carbocycles. The fourth-order valence-electron chi connectivity index (χ4n) is 1.94. The average molecular weight is 277 g/mol. The van der Waals surface area contributed by atoms with Gasteiger partial charge in [-0.25, -0.2) is 4.98 Å². The van der Waals surface area contributed by atoms with Crippen LogP contribution in [0.15, 0.2) is 23.7 Å². The van der Waals surface area contributed by atoms with Gasteiger partial charge in [0.2, 0.25) is 0 Å². The molecule has 0 radical (unpaired) electrons. The highest BCUT2D eigenvalue weighted by atomic mass is 32.1. The first-order valence-corrected chi connectivity index (χ1v) is 6.78. The van der Waals surface area contributed by atoms with Gasteiger partial charge in [0.25, 0.3) is 5.69 Å². The molecule has 6 heteroatoms. The van der Waals surface area contributed by atoms with Crippen LogP contribution in [0.3, 0.4) is 0 Å². The van der Waals surface area contributed by atoms with Crippen molar-refractivity contribution in [3.63, 3.8) is 0 Å². The molecular formula is C13H15N3O2S. The molecule has 0 bridgehead atoms. The minimum Gasteiger partial charge on any atom is -0.376 e. The molecule has 2 rings (SSSR count). The molecule has 1 aromatic heterocycles. The van der Waals surface area contributed by atoms with Crippen LogP contribution in [0.5, 0.6) is 0 Å². The number of aromatic nitrogens is 1. The molecule has 19 heavy (non-hydrogen) atoms. The highest BCUT2D eigenvalue weighted by Crippen LogP contribution is 2.29. The SMILES string of the molecule is Cc1cc(C)c([N+](=O)[O-])cc1NC(C)c1nccs1. The van der Waals surface area contributed by atoms with E-state index in [1.807, 2.05) is 25.3 Å². The fourth-order valence-corrected chi connectivity index (χ4v) is 2.58. The highest BCUT2D eigenvalue weighted by molar-refractivity contribution is 7.09. The summed E-state index contributed by atoms with van der Waals surface area (Å²) in [6.45, 7) is 5.68. The van der Waals surface area contributed by atoms with Crippen molar-refractivity contribution in [3.8, 4) is 0 Å². The minimum absolute atomic E-state index is 0.0287. The standard InChI is InChI=1S/C13H15N3O2S/c1-8-6-9(2)12(16(17)18)7-11(8)15-10(3)13-14-4-5-19-13/h4-7,10,15H,1-3H3. The van der Waals surface area contributed by atoms with Crippen molar-refractivity contribution in [1.29, 1.82) is 0 Å². The van der Waals surface area contributed by atoms with Gasteiger partial charge < -0.3 is 5.32 Å². The Morgan fingerprint density at radius 2 is 2.11 bits per heavy atom. The van der Waals surface area contributed by atoms with Crippen molar-refractivity contribution in [2.24, 2.45) is 0 Å². The molecule has 1 heterocycles. The second-order valence-corrected chi connectivity index (χ2v) is 5.37. The number of nitro benzene ring substituents is 1. The van der Waals surface area contributed by atoms with Crippen molar-refractivity contribution in [2.45, 2.75) is 26.8 Å². The minimum atomic E-state index is -0.353. The van der Waals surface area contributed by atoms with E-state index in [0.29, 0.717) is 5.56 Å². The topological polar surface area (TPSA) is 68.1 Å². The summed E-state index contributed by atoms with van der Waals surface area (Å²) in [4.78, 5) is 14.9. The maximum Gasteiger partial charge on any atom is 0.274 e. The Labute approximate surface area is 115 Å². The molecule has 5 nitrogen and oxygen atoms in total. The van der Waals surface area contributed by atoms with Gasteiger partial charge in [-0.1, -0.05) is 0 Å². The first kappa shape index (κ1) is 13.5. The van der Waals surface area contributed by atoms with Crippen LogP contribution in [0.4, 0.5) is 11.4 Å². The van der Waals surface area contributed by atoms with Crippen LogP contribution in [-0.4, -0.2) is 9.91 Å². The van der Waals surface area contributed by atoms with E-state index >= 15 is 0 Å². The van der Waals surface area contributed by atoms with E-state index in [1.54, 1.807) is 30.5 Å². The van der Waals surface area contributed by atoms with E-state index in [4.69, 9.17) is 0 Å². The number of benzene rings is 1. The lowest BCUT2D eigenvalue weighted by molar-refractivity contribution is -0.385. The molecule has 2 aromatic rings. The summed E-state index contributed by atoms with van der Waals surface area (Å²) in [5, 5.41) is 17.1. The fraction of sp³-hybridized carbons (Fsp3) is 0.308. The summed E-state index contributed by atoms with van der Waals surface area (Å²) in [5.74, 6) is 0. The van der Waals surface area contributed by atoms with E-state index in [-0.39, 0.29) is 16.7 Å². The van der Waals surface area contributed by atoms with Gasteiger partial charge in [-0.15, -0.1) is 11.3 Å². The number of nitro groups is 1. The number of aryl methyl sites for hydroxylation is 2. The number of hydrogen-bond acceptors (Lipinski definition) is 5. The molecule has 1 unspecified atom stereocenters. The summed E-state index contributed by atoms with van der Waals surface area (Å²) >= 11 is 1.56. The second kappa shape index (κ2) is 5.36. The Morgan fingerprint density at radius 3 is 2.68 bits per heavy atom. The molecule has 100 valence electrons. The Hall–Kier alpha value is -1.95. The van der Waals surface area contributed by atoms with Gasteiger partial charge in [0, 0.05) is 28.9 Å². The number of hydrogen-bond donors (Lipinski definition) is 1. The molecule has 0 aliphatic heterocycles. The van der Waals surface area contributed by atoms with Crippen molar-refractivity contribution in [1.82, 2.24) is 4.98 Å². The summed E-state index contributed by atoms with van der Waals surface area (Å²) in [6, 6.07) is 3.45. The lowest BCUT2D eigenvalue weighted by Crippen LogP contribution is -2.08. The molecule has 1 N–H and O–H groups in total. The van der Waals surface area contributed by atoms with Crippen LogP contribution < -0.4 is 5.32 Å². The summed E-state index contributed by atoms with van der Waals surface area (Å²) in [7, 11) is 0. The highest BCUT2D eigenvalue weighted by Gasteiger charge is 2.16. The van der Waals surface area contributed by atoms with E-state index in [9.17, 15) is 10.1 Å². The first-order valence-electron chi connectivity index (χ1n) is 5.90. The Morgan fingerprint density at radius 1 is 1.37 bits per heavy atom. The van der Waals surface area contributed by atoms with Crippen LogP contribution in [-0.2, 0) is 0 Å². The van der Waals surface area contributed by atoms with Crippen LogP contribution >= 0.6 is 11.3 Å². The molecule has 1 atom stereocenters. The normalized spacial score (nSPS) is 12.2. The number of rotatable bonds is 4. The van der Waals surface area contributed by atoms with Crippen molar-refractivity contribution in [3.05, 3.63) is 50.0 Å². The van der Waals surface area contributed by atoms with Gasteiger partial charge >= 0.3 is 0 Å². The number of anilines is 1. The van der Waals surface area contributed by atoms with E-state index < -0.39 is 0 Å². The summed E-state index contributed by atoms with van der Waals surface area (Å²) in [6.07, 6.45) is 1.75. The molecular weight excluding hydrogens is 262 g/mol. The van der Waals surface area contributed by atoms with Gasteiger partial charge in [-0.05, 0) is 32.4 Å².